The van der Waals surface area contributed by atoms with E-state index in [1.165, 1.54) is 12.1 Å². The lowest BCUT2D eigenvalue weighted by atomic mass is 10.00. The Morgan fingerprint density at radius 3 is 2.74 bits per heavy atom. The zero-order valence-electron chi connectivity index (χ0n) is 13.1. The summed E-state index contributed by atoms with van der Waals surface area (Å²) in [5.41, 5.74) is 0.187. The second-order valence-electron chi connectivity index (χ2n) is 6.22. The lowest BCUT2D eigenvalue weighted by Crippen LogP contribution is -2.41. The Hall–Kier alpha value is -1.89. The van der Waals surface area contributed by atoms with Crippen LogP contribution in [0.2, 0.25) is 0 Å². The van der Waals surface area contributed by atoms with Gasteiger partial charge in [0.05, 0.1) is 5.56 Å². The maximum atomic E-state index is 12.4. The quantitative estimate of drug-likeness (QED) is 0.838. The molecule has 2 aliphatic rings. The molecule has 0 spiro atoms. The smallest absolute Gasteiger partial charge is 0.269 e. The van der Waals surface area contributed by atoms with Crippen molar-refractivity contribution in [2.45, 2.75) is 31.1 Å². The van der Waals surface area contributed by atoms with E-state index in [1.54, 1.807) is 17.0 Å². The van der Waals surface area contributed by atoms with Crippen LogP contribution in [-0.2, 0) is 14.8 Å². The minimum absolute atomic E-state index is 0.0315. The number of hydrogen-bond acceptors (Lipinski definition) is 4. The van der Waals surface area contributed by atoms with Crippen LogP contribution in [0.25, 0.3) is 0 Å². The van der Waals surface area contributed by atoms with E-state index < -0.39 is 15.9 Å². The van der Waals surface area contributed by atoms with Gasteiger partial charge in [0.15, 0.2) is 0 Å². The standard InChI is InChI=1S/C16H20N2O4S/c1-12-5-4-9-17(11-12)15(19)8-10-18-16(20)13-6-2-3-7-14(13)23(18,21)22/h2-3,6-7,12H,4-5,8-11H2,1H3/t12-/m0/s1. The van der Waals surface area contributed by atoms with Gasteiger partial charge in [-0.15, -0.1) is 0 Å². The van der Waals surface area contributed by atoms with Crippen LogP contribution in [0, 0.1) is 5.92 Å². The summed E-state index contributed by atoms with van der Waals surface area (Å²) in [6.07, 6.45) is 2.11. The fourth-order valence-electron chi connectivity index (χ4n) is 3.22. The van der Waals surface area contributed by atoms with E-state index in [-0.39, 0.29) is 29.3 Å². The molecule has 0 saturated carbocycles. The molecule has 1 aromatic rings. The summed E-state index contributed by atoms with van der Waals surface area (Å²) in [5.74, 6) is -0.162. The van der Waals surface area contributed by atoms with Gasteiger partial charge in [0.25, 0.3) is 15.9 Å². The summed E-state index contributed by atoms with van der Waals surface area (Å²) in [4.78, 5) is 26.4. The largest absolute Gasteiger partial charge is 0.342 e. The number of rotatable bonds is 3. The van der Waals surface area contributed by atoms with Gasteiger partial charge in [0.1, 0.15) is 4.90 Å². The van der Waals surface area contributed by atoms with Crippen LogP contribution in [0.3, 0.4) is 0 Å². The number of hydrogen-bond donors (Lipinski definition) is 0. The third kappa shape index (κ3) is 2.85. The summed E-state index contributed by atoms with van der Waals surface area (Å²) in [6, 6.07) is 6.16. The average molecular weight is 336 g/mol. The molecule has 1 aromatic carbocycles. The minimum Gasteiger partial charge on any atom is -0.342 e. The predicted molar refractivity (Wildman–Crippen MR) is 84.3 cm³/mol. The van der Waals surface area contributed by atoms with Crippen molar-refractivity contribution in [3.8, 4) is 0 Å². The van der Waals surface area contributed by atoms with Crippen molar-refractivity contribution < 1.29 is 18.0 Å². The molecule has 2 amide bonds. The van der Waals surface area contributed by atoms with Gasteiger partial charge in [-0.1, -0.05) is 19.1 Å². The number of fused-ring (bicyclic) bond motifs is 1. The molecule has 7 heteroatoms. The SMILES string of the molecule is C[C@H]1CCCN(C(=O)CCN2C(=O)c3ccccc3S2(=O)=O)C1. The first-order valence-corrected chi connectivity index (χ1v) is 9.29. The van der Waals surface area contributed by atoms with Gasteiger partial charge in [0, 0.05) is 26.1 Å². The van der Waals surface area contributed by atoms with Crippen LogP contribution in [0.15, 0.2) is 29.2 Å². The Morgan fingerprint density at radius 1 is 1.30 bits per heavy atom. The molecule has 0 aromatic heterocycles. The molecule has 6 nitrogen and oxygen atoms in total. The van der Waals surface area contributed by atoms with Gasteiger partial charge in [-0.05, 0) is 30.9 Å². The number of carbonyl (C=O) groups is 2. The maximum Gasteiger partial charge on any atom is 0.269 e. The highest BCUT2D eigenvalue weighted by Crippen LogP contribution is 2.30. The normalized spacial score (nSPS) is 23.0. The fraction of sp³-hybridized carbons (Fsp3) is 0.500. The van der Waals surface area contributed by atoms with Crippen molar-refractivity contribution >= 4 is 21.8 Å². The molecule has 1 fully saturated rings. The van der Waals surface area contributed by atoms with E-state index in [2.05, 4.69) is 6.92 Å². The Labute approximate surface area is 136 Å². The first kappa shape index (κ1) is 16.0. The molecule has 0 unspecified atom stereocenters. The first-order valence-electron chi connectivity index (χ1n) is 7.85. The third-order valence-electron chi connectivity index (χ3n) is 4.45. The number of benzene rings is 1. The second-order valence-corrected chi connectivity index (χ2v) is 8.05. The van der Waals surface area contributed by atoms with Crippen molar-refractivity contribution in [2.75, 3.05) is 19.6 Å². The topological polar surface area (TPSA) is 74.8 Å². The Morgan fingerprint density at radius 2 is 2.04 bits per heavy atom. The van der Waals surface area contributed by atoms with Crippen LogP contribution in [-0.4, -0.2) is 49.1 Å². The van der Waals surface area contributed by atoms with E-state index in [1.807, 2.05) is 0 Å². The second kappa shape index (κ2) is 5.96. The Kier molecular flexibility index (Phi) is 4.14. The van der Waals surface area contributed by atoms with Gasteiger partial charge in [-0.2, -0.15) is 0 Å². The fourth-order valence-corrected chi connectivity index (χ4v) is 4.79. The van der Waals surface area contributed by atoms with Crippen molar-refractivity contribution in [1.29, 1.82) is 0 Å². The molecule has 3 rings (SSSR count). The van der Waals surface area contributed by atoms with Gasteiger partial charge in [0.2, 0.25) is 5.91 Å². The molecule has 23 heavy (non-hydrogen) atoms. The predicted octanol–water partition coefficient (Wildman–Crippen LogP) is 1.48. The molecule has 1 saturated heterocycles. The first-order chi connectivity index (χ1) is 10.9. The van der Waals surface area contributed by atoms with Crippen LogP contribution in [0.4, 0.5) is 0 Å². The Balaban J connectivity index is 1.70. The van der Waals surface area contributed by atoms with E-state index in [0.29, 0.717) is 19.0 Å². The van der Waals surface area contributed by atoms with E-state index >= 15 is 0 Å². The molecular formula is C16H20N2O4S. The van der Waals surface area contributed by atoms with E-state index in [0.717, 1.165) is 17.1 Å². The number of nitrogens with zero attached hydrogens (tertiary/aromatic N) is 2. The number of amides is 2. The van der Waals surface area contributed by atoms with Crippen LogP contribution < -0.4 is 0 Å². The average Bonchev–Trinajstić information content (AvgIpc) is 2.73. The van der Waals surface area contributed by atoms with Gasteiger partial charge in [-0.25, -0.2) is 12.7 Å². The third-order valence-corrected chi connectivity index (χ3v) is 6.29. The zero-order chi connectivity index (χ0) is 16.6. The number of sulfonamides is 1. The molecule has 0 bridgehead atoms. The molecule has 1 atom stereocenters. The van der Waals surface area contributed by atoms with E-state index in [9.17, 15) is 18.0 Å². The highest BCUT2D eigenvalue weighted by Gasteiger charge is 2.40. The van der Waals surface area contributed by atoms with Crippen LogP contribution in [0.5, 0.6) is 0 Å². The molecule has 0 radical (unpaired) electrons. The van der Waals surface area contributed by atoms with Gasteiger partial charge >= 0.3 is 0 Å². The summed E-state index contributed by atoms with van der Waals surface area (Å²) in [7, 11) is -3.82. The summed E-state index contributed by atoms with van der Waals surface area (Å²) in [5, 5.41) is 0. The van der Waals surface area contributed by atoms with Crippen molar-refractivity contribution in [3.05, 3.63) is 29.8 Å². The maximum absolute atomic E-state index is 12.4. The van der Waals surface area contributed by atoms with Crippen LogP contribution in [0.1, 0.15) is 36.5 Å². The summed E-state index contributed by atoms with van der Waals surface area (Å²) in [6.45, 7) is 3.42. The Bertz CT molecular complexity index is 744. The summed E-state index contributed by atoms with van der Waals surface area (Å²) < 4.78 is 25.7. The van der Waals surface area contributed by atoms with Crippen molar-refractivity contribution in [2.24, 2.45) is 5.92 Å². The highest BCUT2D eigenvalue weighted by atomic mass is 32.2. The lowest BCUT2D eigenvalue weighted by Gasteiger charge is -2.31. The zero-order valence-corrected chi connectivity index (χ0v) is 13.9. The molecule has 2 aliphatic heterocycles. The van der Waals surface area contributed by atoms with E-state index in [4.69, 9.17) is 0 Å². The molecular weight excluding hydrogens is 316 g/mol. The minimum atomic E-state index is -3.82. The molecule has 2 heterocycles. The number of carbonyl (C=O) groups excluding carboxylic acids is 2. The number of piperidine rings is 1. The van der Waals surface area contributed by atoms with Gasteiger partial charge < -0.3 is 4.90 Å². The number of likely N-dealkylation sites (tertiary alicyclic amines) is 1. The molecule has 0 aliphatic carbocycles. The van der Waals surface area contributed by atoms with Crippen molar-refractivity contribution in [3.63, 3.8) is 0 Å². The summed E-state index contributed by atoms with van der Waals surface area (Å²) >= 11 is 0. The molecule has 0 N–H and O–H groups in total. The van der Waals surface area contributed by atoms with Gasteiger partial charge in [-0.3, -0.25) is 9.59 Å². The van der Waals surface area contributed by atoms with Crippen molar-refractivity contribution in [1.82, 2.24) is 9.21 Å². The monoisotopic (exact) mass is 336 g/mol. The highest BCUT2D eigenvalue weighted by molar-refractivity contribution is 7.90. The lowest BCUT2D eigenvalue weighted by molar-refractivity contribution is -0.132. The molecule has 124 valence electrons. The van der Waals surface area contributed by atoms with Crippen LogP contribution >= 0.6 is 0 Å².